The third-order valence-corrected chi connectivity index (χ3v) is 3.20. The Morgan fingerprint density at radius 1 is 1.38 bits per heavy atom. The monoisotopic (exact) mass is 221 g/mol. The molecule has 0 aromatic carbocycles. The maximum absolute atomic E-state index is 4.62. The highest BCUT2D eigenvalue weighted by Gasteiger charge is 2.19. The summed E-state index contributed by atoms with van der Waals surface area (Å²) in [7, 11) is 0. The Kier molecular flexibility index (Phi) is 3.99. The van der Waals surface area contributed by atoms with E-state index < -0.39 is 0 Å². The van der Waals surface area contributed by atoms with E-state index >= 15 is 0 Å². The van der Waals surface area contributed by atoms with E-state index in [1.165, 1.54) is 30.7 Å². The first-order chi connectivity index (χ1) is 7.83. The Hall–Kier alpha value is -0.830. The Morgan fingerprint density at radius 2 is 2.19 bits per heavy atom. The number of aromatic nitrogens is 2. The molecule has 3 nitrogen and oxygen atoms in total. The van der Waals surface area contributed by atoms with Crippen LogP contribution >= 0.6 is 0 Å². The van der Waals surface area contributed by atoms with Crippen LogP contribution in [0.3, 0.4) is 0 Å². The minimum Gasteiger partial charge on any atom is -0.314 e. The first-order valence-corrected chi connectivity index (χ1v) is 6.62. The molecule has 3 heteroatoms. The van der Waals surface area contributed by atoms with Gasteiger partial charge in [-0.3, -0.25) is 4.68 Å². The molecule has 0 unspecified atom stereocenters. The summed E-state index contributed by atoms with van der Waals surface area (Å²) >= 11 is 0. The van der Waals surface area contributed by atoms with Crippen molar-refractivity contribution < 1.29 is 0 Å². The molecule has 0 bridgehead atoms. The number of nitrogens with zero attached hydrogens (tertiary/aromatic N) is 2. The van der Waals surface area contributed by atoms with Crippen LogP contribution in [0.1, 0.15) is 44.5 Å². The van der Waals surface area contributed by atoms with Crippen LogP contribution in [0.2, 0.25) is 0 Å². The molecule has 1 N–H and O–H groups in total. The summed E-state index contributed by atoms with van der Waals surface area (Å²) in [5.74, 6) is 0. The van der Waals surface area contributed by atoms with E-state index in [4.69, 9.17) is 0 Å². The van der Waals surface area contributed by atoms with Crippen LogP contribution in [0.4, 0.5) is 0 Å². The average Bonchev–Trinajstić information content (AvgIpc) is 3.04. The molecule has 0 amide bonds. The fourth-order valence-corrected chi connectivity index (χ4v) is 1.99. The molecule has 0 spiro atoms. The minimum absolute atomic E-state index is 0.828. The van der Waals surface area contributed by atoms with Crippen molar-refractivity contribution in [1.29, 1.82) is 0 Å². The summed E-state index contributed by atoms with van der Waals surface area (Å²) in [6.45, 7) is 6.56. The third kappa shape index (κ3) is 3.08. The molecule has 16 heavy (non-hydrogen) atoms. The maximum Gasteiger partial charge on any atom is 0.0624 e. The van der Waals surface area contributed by atoms with E-state index in [1.54, 1.807) is 0 Å². The van der Waals surface area contributed by atoms with Gasteiger partial charge in [0.1, 0.15) is 0 Å². The topological polar surface area (TPSA) is 29.9 Å². The number of aryl methyl sites for hydroxylation is 3. The summed E-state index contributed by atoms with van der Waals surface area (Å²) < 4.78 is 2.19. The van der Waals surface area contributed by atoms with Crippen molar-refractivity contribution >= 4 is 0 Å². The Labute approximate surface area is 98.2 Å². The number of hydrogen-bond acceptors (Lipinski definition) is 2. The second kappa shape index (κ2) is 5.48. The summed E-state index contributed by atoms with van der Waals surface area (Å²) in [4.78, 5) is 0. The largest absolute Gasteiger partial charge is 0.314 e. The fraction of sp³-hybridized carbons (Fsp3) is 0.769. The smallest absolute Gasteiger partial charge is 0.0624 e. The van der Waals surface area contributed by atoms with Crippen molar-refractivity contribution in [2.75, 3.05) is 6.54 Å². The van der Waals surface area contributed by atoms with E-state index in [-0.39, 0.29) is 0 Å². The van der Waals surface area contributed by atoms with Crippen LogP contribution < -0.4 is 5.32 Å². The quantitative estimate of drug-likeness (QED) is 0.715. The van der Waals surface area contributed by atoms with Crippen LogP contribution in [-0.2, 0) is 19.4 Å². The first-order valence-electron chi connectivity index (χ1n) is 6.62. The third-order valence-electron chi connectivity index (χ3n) is 3.20. The fourth-order valence-electron chi connectivity index (χ4n) is 1.99. The van der Waals surface area contributed by atoms with Gasteiger partial charge in [-0.2, -0.15) is 5.10 Å². The Bertz CT molecular complexity index is 326. The van der Waals surface area contributed by atoms with Gasteiger partial charge >= 0.3 is 0 Å². The van der Waals surface area contributed by atoms with Crippen molar-refractivity contribution in [1.82, 2.24) is 15.1 Å². The predicted molar refractivity (Wildman–Crippen MR) is 66.6 cm³/mol. The Balaban J connectivity index is 1.79. The molecule has 0 radical (unpaired) electrons. The molecule has 0 aliphatic heterocycles. The van der Waals surface area contributed by atoms with E-state index in [1.807, 2.05) is 0 Å². The lowest BCUT2D eigenvalue weighted by Crippen LogP contribution is -2.19. The number of nitrogens with one attached hydrogen (secondary N) is 1. The van der Waals surface area contributed by atoms with Gasteiger partial charge in [0.2, 0.25) is 0 Å². The first kappa shape index (κ1) is 11.6. The van der Waals surface area contributed by atoms with Crippen LogP contribution in [0, 0.1) is 0 Å². The van der Waals surface area contributed by atoms with E-state index in [9.17, 15) is 0 Å². The lowest BCUT2D eigenvalue weighted by Gasteiger charge is -2.06. The van der Waals surface area contributed by atoms with Gasteiger partial charge in [-0.25, -0.2) is 0 Å². The average molecular weight is 221 g/mol. The molecular formula is C13H23N3. The molecule has 1 aromatic heterocycles. The molecule has 2 rings (SSSR count). The molecule has 1 saturated carbocycles. The van der Waals surface area contributed by atoms with E-state index in [2.05, 4.69) is 35.0 Å². The molecule has 1 heterocycles. The second-order valence-corrected chi connectivity index (χ2v) is 4.64. The highest BCUT2D eigenvalue weighted by Crippen LogP contribution is 2.18. The van der Waals surface area contributed by atoms with Crippen molar-refractivity contribution in [3.8, 4) is 0 Å². The van der Waals surface area contributed by atoms with Crippen molar-refractivity contribution in [3.05, 3.63) is 17.5 Å². The summed E-state index contributed by atoms with van der Waals surface area (Å²) in [5, 5.41) is 8.16. The molecule has 90 valence electrons. The van der Waals surface area contributed by atoms with Crippen molar-refractivity contribution in [2.24, 2.45) is 0 Å². The standard InChI is InChI=1S/C13H23N3/c1-3-11-10-13(4-2)16(15-11)9-5-8-14-12-6-7-12/h10,12,14H,3-9H2,1-2H3. The minimum atomic E-state index is 0.828. The summed E-state index contributed by atoms with van der Waals surface area (Å²) in [6, 6.07) is 3.07. The zero-order valence-electron chi connectivity index (χ0n) is 10.5. The van der Waals surface area contributed by atoms with Crippen molar-refractivity contribution in [3.63, 3.8) is 0 Å². The molecule has 1 aromatic rings. The Morgan fingerprint density at radius 3 is 2.81 bits per heavy atom. The highest BCUT2D eigenvalue weighted by molar-refractivity contribution is 5.10. The van der Waals surface area contributed by atoms with Crippen LogP contribution in [0.15, 0.2) is 6.07 Å². The molecule has 1 aliphatic carbocycles. The maximum atomic E-state index is 4.62. The van der Waals surface area contributed by atoms with Gasteiger partial charge in [0.15, 0.2) is 0 Å². The van der Waals surface area contributed by atoms with Crippen LogP contribution in [0.5, 0.6) is 0 Å². The van der Waals surface area contributed by atoms with Crippen LogP contribution in [-0.4, -0.2) is 22.4 Å². The normalized spacial score (nSPS) is 15.6. The number of hydrogen-bond donors (Lipinski definition) is 1. The van der Waals surface area contributed by atoms with Gasteiger partial charge in [0.25, 0.3) is 0 Å². The van der Waals surface area contributed by atoms with Crippen LogP contribution in [0.25, 0.3) is 0 Å². The molecule has 0 atom stereocenters. The molecule has 1 fully saturated rings. The summed E-state index contributed by atoms with van der Waals surface area (Å²) in [5.41, 5.74) is 2.61. The van der Waals surface area contributed by atoms with Gasteiger partial charge in [0.05, 0.1) is 5.69 Å². The SMILES string of the molecule is CCc1cc(CC)n(CCCNC2CC2)n1. The van der Waals surface area contributed by atoms with E-state index in [0.29, 0.717) is 0 Å². The summed E-state index contributed by atoms with van der Waals surface area (Å²) in [6.07, 6.45) is 6.07. The lowest BCUT2D eigenvalue weighted by atomic mass is 10.2. The van der Waals surface area contributed by atoms with E-state index in [0.717, 1.165) is 32.0 Å². The number of rotatable bonds is 7. The van der Waals surface area contributed by atoms with Gasteiger partial charge < -0.3 is 5.32 Å². The second-order valence-electron chi connectivity index (χ2n) is 4.64. The predicted octanol–water partition coefficient (Wildman–Crippen LogP) is 2.15. The zero-order chi connectivity index (χ0) is 11.4. The zero-order valence-corrected chi connectivity index (χ0v) is 10.5. The highest BCUT2D eigenvalue weighted by atomic mass is 15.3. The van der Waals surface area contributed by atoms with Gasteiger partial charge in [0, 0.05) is 18.3 Å². The van der Waals surface area contributed by atoms with Gasteiger partial charge in [-0.15, -0.1) is 0 Å². The van der Waals surface area contributed by atoms with Gasteiger partial charge in [-0.1, -0.05) is 13.8 Å². The lowest BCUT2D eigenvalue weighted by molar-refractivity contribution is 0.524. The molecule has 1 aliphatic rings. The molecular weight excluding hydrogens is 198 g/mol. The molecule has 0 saturated heterocycles. The van der Waals surface area contributed by atoms with Crippen molar-refractivity contribution in [2.45, 2.75) is 58.5 Å². The van der Waals surface area contributed by atoms with Gasteiger partial charge in [-0.05, 0) is 44.7 Å².